The number of rotatable bonds is 3. The van der Waals surface area contributed by atoms with E-state index >= 15 is 0 Å². The highest BCUT2D eigenvalue weighted by atomic mass is 16.7. The van der Waals surface area contributed by atoms with E-state index in [-0.39, 0.29) is 5.91 Å². The Morgan fingerprint density at radius 3 is 2.59 bits per heavy atom. The first-order valence-electron chi connectivity index (χ1n) is 6.30. The second-order valence-electron chi connectivity index (χ2n) is 4.92. The van der Waals surface area contributed by atoms with E-state index in [1.165, 1.54) is 5.06 Å². The quantitative estimate of drug-likeness (QED) is 0.808. The molecule has 1 saturated carbocycles. The Balaban J connectivity index is 2.06. The molecule has 0 radical (unpaired) electrons. The van der Waals surface area contributed by atoms with Crippen LogP contribution in [0.5, 0.6) is 0 Å². The fourth-order valence-electron chi connectivity index (χ4n) is 2.83. The predicted octanol–water partition coefficient (Wildman–Crippen LogP) is 1.29. The van der Waals surface area contributed by atoms with Crippen molar-refractivity contribution in [2.24, 2.45) is 17.8 Å². The Hall–Kier alpha value is -1.10. The minimum Gasteiger partial charge on any atom is -0.481 e. The first kappa shape index (κ1) is 12.4. The van der Waals surface area contributed by atoms with Crippen LogP contribution in [0, 0.1) is 17.8 Å². The van der Waals surface area contributed by atoms with Gasteiger partial charge in [-0.2, -0.15) is 0 Å². The number of aliphatic carboxylic acids is 1. The van der Waals surface area contributed by atoms with Gasteiger partial charge in [0.2, 0.25) is 5.91 Å². The van der Waals surface area contributed by atoms with Gasteiger partial charge >= 0.3 is 5.97 Å². The number of nitrogens with zero attached hydrogens (tertiary/aromatic N) is 1. The van der Waals surface area contributed by atoms with Crippen LogP contribution in [-0.4, -0.2) is 35.2 Å². The molecule has 2 fully saturated rings. The summed E-state index contributed by atoms with van der Waals surface area (Å²) in [6.45, 7) is 3.20. The lowest BCUT2D eigenvalue weighted by Gasteiger charge is -2.21. The first-order chi connectivity index (χ1) is 8.13. The molecule has 1 saturated heterocycles. The zero-order valence-corrected chi connectivity index (χ0v) is 10.1. The molecule has 1 aliphatic heterocycles. The van der Waals surface area contributed by atoms with Gasteiger partial charge < -0.3 is 5.11 Å². The number of hydroxylamine groups is 2. The van der Waals surface area contributed by atoms with Gasteiger partial charge in [0, 0.05) is 0 Å². The first-order valence-corrected chi connectivity index (χ1v) is 6.30. The van der Waals surface area contributed by atoms with Crippen LogP contribution in [0.25, 0.3) is 0 Å². The molecule has 1 unspecified atom stereocenters. The van der Waals surface area contributed by atoms with E-state index < -0.39 is 17.8 Å². The molecule has 5 nitrogen and oxygen atoms in total. The summed E-state index contributed by atoms with van der Waals surface area (Å²) in [5, 5.41) is 10.5. The summed E-state index contributed by atoms with van der Waals surface area (Å²) in [4.78, 5) is 28.6. The van der Waals surface area contributed by atoms with Crippen LogP contribution in [-0.2, 0) is 14.4 Å². The second-order valence-corrected chi connectivity index (χ2v) is 4.92. The van der Waals surface area contributed by atoms with Crippen molar-refractivity contribution in [1.29, 1.82) is 0 Å². The van der Waals surface area contributed by atoms with E-state index in [2.05, 4.69) is 0 Å². The Kier molecular flexibility index (Phi) is 3.66. The number of carboxylic acids is 1. The van der Waals surface area contributed by atoms with Crippen molar-refractivity contribution in [2.75, 3.05) is 13.2 Å². The van der Waals surface area contributed by atoms with Crippen molar-refractivity contribution in [3.63, 3.8) is 0 Å². The van der Waals surface area contributed by atoms with Gasteiger partial charge in [0.05, 0.1) is 25.0 Å². The molecule has 2 aliphatic rings. The van der Waals surface area contributed by atoms with Crippen LogP contribution in [0.1, 0.15) is 32.6 Å². The summed E-state index contributed by atoms with van der Waals surface area (Å²) >= 11 is 0. The number of carbonyl (C=O) groups is 2. The number of carboxylic acid groups (broad SMARTS) is 1. The van der Waals surface area contributed by atoms with Crippen molar-refractivity contribution in [1.82, 2.24) is 5.06 Å². The lowest BCUT2D eigenvalue weighted by atomic mass is 9.95. The van der Waals surface area contributed by atoms with Crippen molar-refractivity contribution in [2.45, 2.75) is 32.6 Å². The molecule has 0 bridgehead atoms. The average molecular weight is 241 g/mol. The molecule has 17 heavy (non-hydrogen) atoms. The standard InChI is InChI=1S/C12H19NO4/c1-2-8-6-9(10(7-8)12(15)16)11(14)13-4-3-5-17-13/h8-10H,2-7H2,1H3,(H,15,16)/t8?,9-,10+/m0/s1. The number of hydrogen-bond donors (Lipinski definition) is 1. The Morgan fingerprint density at radius 2 is 2.06 bits per heavy atom. The zero-order chi connectivity index (χ0) is 12.4. The van der Waals surface area contributed by atoms with Gasteiger partial charge in [0.15, 0.2) is 0 Å². The van der Waals surface area contributed by atoms with Crippen LogP contribution in [0.3, 0.4) is 0 Å². The SMILES string of the molecule is CCC1C[C@H](C(=O)N2CCCO2)[C@H](C(=O)O)C1. The van der Waals surface area contributed by atoms with Gasteiger partial charge in [-0.05, 0) is 25.2 Å². The van der Waals surface area contributed by atoms with E-state index in [0.29, 0.717) is 31.9 Å². The zero-order valence-electron chi connectivity index (χ0n) is 10.1. The van der Waals surface area contributed by atoms with E-state index in [1.807, 2.05) is 6.92 Å². The number of hydrogen-bond acceptors (Lipinski definition) is 3. The molecule has 0 aromatic carbocycles. The van der Waals surface area contributed by atoms with E-state index in [9.17, 15) is 14.7 Å². The molecular formula is C12H19NO4. The molecule has 5 heteroatoms. The molecule has 96 valence electrons. The summed E-state index contributed by atoms with van der Waals surface area (Å²) in [5.41, 5.74) is 0. The van der Waals surface area contributed by atoms with Crippen molar-refractivity contribution >= 4 is 11.9 Å². The van der Waals surface area contributed by atoms with E-state index in [0.717, 1.165) is 12.8 Å². The van der Waals surface area contributed by atoms with Crippen LogP contribution in [0.2, 0.25) is 0 Å². The molecular weight excluding hydrogens is 222 g/mol. The molecule has 2 rings (SSSR count). The summed E-state index contributed by atoms with van der Waals surface area (Å²) in [7, 11) is 0. The molecule has 0 aromatic heterocycles. The predicted molar refractivity (Wildman–Crippen MR) is 59.9 cm³/mol. The highest BCUT2D eigenvalue weighted by Crippen LogP contribution is 2.39. The van der Waals surface area contributed by atoms with Gasteiger partial charge in [0.25, 0.3) is 0 Å². The highest BCUT2D eigenvalue weighted by molar-refractivity contribution is 5.84. The minimum absolute atomic E-state index is 0.133. The maximum Gasteiger partial charge on any atom is 0.307 e. The molecule has 0 aromatic rings. The summed E-state index contributed by atoms with van der Waals surface area (Å²) in [5.74, 6) is -1.55. The summed E-state index contributed by atoms with van der Waals surface area (Å²) < 4.78 is 0. The van der Waals surface area contributed by atoms with E-state index in [1.54, 1.807) is 0 Å². The van der Waals surface area contributed by atoms with Crippen molar-refractivity contribution in [3.8, 4) is 0 Å². The van der Waals surface area contributed by atoms with Crippen molar-refractivity contribution in [3.05, 3.63) is 0 Å². The lowest BCUT2D eigenvalue weighted by Crippen LogP contribution is -2.36. The van der Waals surface area contributed by atoms with Crippen molar-refractivity contribution < 1.29 is 19.5 Å². The fraction of sp³-hybridized carbons (Fsp3) is 0.833. The maximum absolute atomic E-state index is 12.2. The highest BCUT2D eigenvalue weighted by Gasteiger charge is 2.44. The minimum atomic E-state index is -0.849. The van der Waals surface area contributed by atoms with Crippen LogP contribution in [0.4, 0.5) is 0 Å². The number of amides is 1. The third kappa shape index (κ3) is 2.44. The third-order valence-electron chi connectivity index (χ3n) is 3.87. The second kappa shape index (κ2) is 5.04. The summed E-state index contributed by atoms with van der Waals surface area (Å²) in [6.07, 6.45) is 3.09. The molecule has 0 spiro atoms. The molecule has 1 amide bonds. The van der Waals surface area contributed by atoms with Crippen LogP contribution >= 0.6 is 0 Å². The average Bonchev–Trinajstić information content (AvgIpc) is 2.97. The van der Waals surface area contributed by atoms with Crippen LogP contribution in [0.15, 0.2) is 0 Å². The molecule has 1 aliphatic carbocycles. The Morgan fingerprint density at radius 1 is 1.35 bits per heavy atom. The van der Waals surface area contributed by atoms with Crippen LogP contribution < -0.4 is 0 Å². The van der Waals surface area contributed by atoms with Gasteiger partial charge in [0.1, 0.15) is 0 Å². The van der Waals surface area contributed by atoms with Gasteiger partial charge in [-0.15, -0.1) is 0 Å². The topological polar surface area (TPSA) is 66.8 Å². The number of carbonyl (C=O) groups excluding carboxylic acids is 1. The Bertz CT molecular complexity index is 312. The monoisotopic (exact) mass is 241 g/mol. The Labute approximate surface area is 101 Å². The fourth-order valence-corrected chi connectivity index (χ4v) is 2.83. The lowest BCUT2D eigenvalue weighted by molar-refractivity contribution is -0.176. The van der Waals surface area contributed by atoms with Gasteiger partial charge in [-0.1, -0.05) is 13.3 Å². The molecule has 1 heterocycles. The maximum atomic E-state index is 12.2. The van der Waals surface area contributed by atoms with Gasteiger partial charge in [-0.3, -0.25) is 14.4 Å². The molecule has 3 atom stereocenters. The molecule has 1 N–H and O–H groups in total. The largest absolute Gasteiger partial charge is 0.481 e. The summed E-state index contributed by atoms with van der Waals surface area (Å²) in [6, 6.07) is 0. The van der Waals surface area contributed by atoms with Gasteiger partial charge in [-0.25, -0.2) is 5.06 Å². The van der Waals surface area contributed by atoms with E-state index in [4.69, 9.17) is 4.84 Å². The normalized spacial score (nSPS) is 33.0. The third-order valence-corrected chi connectivity index (χ3v) is 3.87. The smallest absolute Gasteiger partial charge is 0.307 e.